The van der Waals surface area contributed by atoms with Gasteiger partial charge < -0.3 is 10.2 Å². The Hall–Kier alpha value is -1.65. The molecule has 1 aliphatic carbocycles. The van der Waals surface area contributed by atoms with E-state index in [1.165, 1.54) is 6.07 Å². The van der Waals surface area contributed by atoms with Crippen LogP contribution in [0.4, 0.5) is 20.2 Å². The Kier molecular flexibility index (Phi) is 2.17. The van der Waals surface area contributed by atoms with Crippen molar-refractivity contribution in [3.63, 3.8) is 0 Å². The van der Waals surface area contributed by atoms with Gasteiger partial charge in [-0.3, -0.25) is 4.79 Å². The molecule has 3 nitrogen and oxygen atoms in total. The largest absolute Gasteiger partial charge is 0.355 e. The summed E-state index contributed by atoms with van der Waals surface area (Å²) in [6.45, 7) is 0.663. The molecule has 3 unspecified atom stereocenters. The molecule has 0 radical (unpaired) electrons. The number of nitrogens with zero attached hydrogens (tertiary/aromatic N) is 1. The van der Waals surface area contributed by atoms with Crippen LogP contribution in [0, 0.1) is 23.5 Å². The summed E-state index contributed by atoms with van der Waals surface area (Å²) in [5.74, 6) is -1.05. The van der Waals surface area contributed by atoms with E-state index in [0.29, 0.717) is 18.2 Å². The number of fused-ring (bicyclic) bond motifs is 5. The number of benzene rings is 1. The zero-order chi connectivity index (χ0) is 13.1. The molecule has 1 saturated carbocycles. The van der Waals surface area contributed by atoms with Gasteiger partial charge >= 0.3 is 0 Å². The lowest BCUT2D eigenvalue weighted by Crippen LogP contribution is -2.47. The third-order valence-corrected chi connectivity index (χ3v) is 4.77. The molecule has 4 rings (SSSR count). The number of halogens is 2. The van der Waals surface area contributed by atoms with Crippen molar-refractivity contribution in [2.45, 2.75) is 25.3 Å². The van der Waals surface area contributed by atoms with Crippen LogP contribution in [-0.4, -0.2) is 18.5 Å². The molecule has 1 N–H and O–H groups in total. The van der Waals surface area contributed by atoms with E-state index in [1.807, 2.05) is 0 Å². The molecule has 3 aliphatic rings. The molecule has 2 aliphatic heterocycles. The van der Waals surface area contributed by atoms with E-state index >= 15 is 0 Å². The fourth-order valence-corrected chi connectivity index (χ4v) is 4.00. The van der Waals surface area contributed by atoms with Crippen LogP contribution >= 0.6 is 0 Å². The Balaban J connectivity index is 1.86. The van der Waals surface area contributed by atoms with Crippen LogP contribution in [0.2, 0.25) is 0 Å². The molecule has 100 valence electrons. The van der Waals surface area contributed by atoms with Gasteiger partial charge in [-0.1, -0.05) is 6.42 Å². The average molecular weight is 264 g/mol. The predicted molar refractivity (Wildman–Crippen MR) is 67.0 cm³/mol. The lowest BCUT2D eigenvalue weighted by atomic mass is 9.92. The number of nitrogens with one attached hydrogen (secondary N) is 1. The summed E-state index contributed by atoms with van der Waals surface area (Å²) in [5, 5.41) is 2.72. The quantitative estimate of drug-likeness (QED) is 0.781. The van der Waals surface area contributed by atoms with E-state index in [1.54, 1.807) is 4.90 Å². The third-order valence-electron chi connectivity index (χ3n) is 4.77. The summed E-state index contributed by atoms with van der Waals surface area (Å²) in [6, 6.07) is 2.18. The maximum Gasteiger partial charge on any atom is 0.247 e. The minimum absolute atomic E-state index is 0.0760. The van der Waals surface area contributed by atoms with Crippen LogP contribution in [0.5, 0.6) is 0 Å². The number of amides is 1. The van der Waals surface area contributed by atoms with E-state index in [9.17, 15) is 13.6 Å². The van der Waals surface area contributed by atoms with E-state index in [-0.39, 0.29) is 23.6 Å². The molecule has 1 saturated heterocycles. The third kappa shape index (κ3) is 1.38. The van der Waals surface area contributed by atoms with Crippen LogP contribution in [-0.2, 0) is 4.79 Å². The van der Waals surface area contributed by atoms with E-state index in [4.69, 9.17) is 0 Å². The molecule has 19 heavy (non-hydrogen) atoms. The Morgan fingerprint density at radius 3 is 2.95 bits per heavy atom. The van der Waals surface area contributed by atoms with Gasteiger partial charge in [0.2, 0.25) is 5.91 Å². The monoisotopic (exact) mass is 264 g/mol. The summed E-state index contributed by atoms with van der Waals surface area (Å²) >= 11 is 0. The number of carbonyl (C=O) groups is 1. The lowest BCUT2D eigenvalue weighted by molar-refractivity contribution is -0.118. The highest BCUT2D eigenvalue weighted by molar-refractivity contribution is 6.04. The summed E-state index contributed by atoms with van der Waals surface area (Å²) in [4.78, 5) is 14.0. The van der Waals surface area contributed by atoms with Crippen molar-refractivity contribution in [1.82, 2.24) is 0 Å². The van der Waals surface area contributed by atoms with Crippen LogP contribution in [0.3, 0.4) is 0 Å². The number of anilines is 2. The molecular weight excluding hydrogens is 250 g/mol. The molecule has 2 fully saturated rings. The van der Waals surface area contributed by atoms with Gasteiger partial charge in [0.1, 0.15) is 11.7 Å². The topological polar surface area (TPSA) is 32.3 Å². The second-order valence-corrected chi connectivity index (χ2v) is 5.70. The Morgan fingerprint density at radius 2 is 2.11 bits per heavy atom. The van der Waals surface area contributed by atoms with E-state index in [2.05, 4.69) is 5.32 Å². The molecule has 1 aromatic carbocycles. The van der Waals surface area contributed by atoms with E-state index < -0.39 is 11.6 Å². The van der Waals surface area contributed by atoms with Gasteiger partial charge in [0, 0.05) is 6.54 Å². The number of rotatable bonds is 0. The second-order valence-electron chi connectivity index (χ2n) is 5.70. The summed E-state index contributed by atoms with van der Waals surface area (Å²) in [5.41, 5.74) is 0.624. The average Bonchev–Trinajstić information content (AvgIpc) is 2.93. The van der Waals surface area contributed by atoms with Crippen molar-refractivity contribution in [2.24, 2.45) is 11.8 Å². The summed E-state index contributed by atoms with van der Waals surface area (Å²) in [6.07, 6.45) is 3.22. The van der Waals surface area contributed by atoms with Crippen LogP contribution in [0.25, 0.3) is 0 Å². The van der Waals surface area contributed by atoms with Crippen LogP contribution in [0.1, 0.15) is 19.3 Å². The fraction of sp³-hybridized carbons (Fsp3) is 0.500. The molecule has 0 spiro atoms. The first kappa shape index (κ1) is 11.2. The van der Waals surface area contributed by atoms with Gasteiger partial charge in [-0.15, -0.1) is 0 Å². The van der Waals surface area contributed by atoms with Crippen molar-refractivity contribution in [3.8, 4) is 0 Å². The first-order valence-electron chi connectivity index (χ1n) is 6.72. The number of hydrogen-bond donors (Lipinski definition) is 1. The number of hydrogen-bond acceptors (Lipinski definition) is 2. The molecular formula is C14H14F2N2O. The van der Waals surface area contributed by atoms with Crippen LogP contribution in [0.15, 0.2) is 12.1 Å². The molecule has 5 heteroatoms. The Morgan fingerprint density at radius 1 is 1.26 bits per heavy atom. The summed E-state index contributed by atoms with van der Waals surface area (Å²) < 4.78 is 27.5. The van der Waals surface area contributed by atoms with Crippen LogP contribution < -0.4 is 10.2 Å². The standard InChI is InChI=1S/C14H14F2N2O/c15-9-4-5-10-13(11(9)16)18-6-7-2-1-3-8(7)12(18)14(19)17-10/h4-5,7-8,12H,1-3,6H2,(H,17,19). The molecule has 1 amide bonds. The molecule has 0 aromatic heterocycles. The minimum Gasteiger partial charge on any atom is -0.355 e. The van der Waals surface area contributed by atoms with Gasteiger partial charge in [0.05, 0.1) is 5.69 Å². The first-order valence-corrected chi connectivity index (χ1v) is 6.72. The van der Waals surface area contributed by atoms with Gasteiger partial charge in [-0.05, 0) is 36.8 Å². The van der Waals surface area contributed by atoms with Crippen molar-refractivity contribution >= 4 is 17.3 Å². The maximum absolute atomic E-state index is 14.1. The van der Waals surface area contributed by atoms with Gasteiger partial charge in [0.25, 0.3) is 0 Å². The van der Waals surface area contributed by atoms with E-state index in [0.717, 1.165) is 25.3 Å². The highest BCUT2D eigenvalue weighted by atomic mass is 19.2. The smallest absolute Gasteiger partial charge is 0.247 e. The highest BCUT2D eigenvalue weighted by Gasteiger charge is 2.50. The molecule has 3 atom stereocenters. The Labute approximate surface area is 109 Å². The normalized spacial score (nSPS) is 31.8. The summed E-state index contributed by atoms with van der Waals surface area (Å²) in [7, 11) is 0. The van der Waals surface area contributed by atoms with Crippen molar-refractivity contribution in [2.75, 3.05) is 16.8 Å². The van der Waals surface area contributed by atoms with Crippen molar-refractivity contribution in [1.29, 1.82) is 0 Å². The zero-order valence-corrected chi connectivity index (χ0v) is 10.3. The van der Waals surface area contributed by atoms with Gasteiger partial charge in [-0.25, -0.2) is 8.78 Å². The van der Waals surface area contributed by atoms with Gasteiger partial charge in [-0.2, -0.15) is 0 Å². The Bertz CT molecular complexity index is 575. The lowest BCUT2D eigenvalue weighted by Gasteiger charge is -2.35. The SMILES string of the molecule is O=C1Nc2ccc(F)c(F)c2N2CC3CCCC3C12. The molecule has 2 heterocycles. The first-order chi connectivity index (χ1) is 9.16. The maximum atomic E-state index is 14.1. The van der Waals surface area contributed by atoms with Crippen molar-refractivity contribution < 1.29 is 13.6 Å². The minimum atomic E-state index is -0.856. The predicted octanol–water partition coefficient (Wildman–Crippen LogP) is 2.52. The van der Waals surface area contributed by atoms with Gasteiger partial charge in [0.15, 0.2) is 11.6 Å². The highest BCUT2D eigenvalue weighted by Crippen LogP contribution is 2.48. The molecule has 1 aromatic rings. The second kappa shape index (κ2) is 3.68. The molecule has 0 bridgehead atoms. The number of carbonyl (C=O) groups excluding carboxylic acids is 1. The fourth-order valence-electron chi connectivity index (χ4n) is 4.00. The van der Waals surface area contributed by atoms with Crippen molar-refractivity contribution in [3.05, 3.63) is 23.8 Å². The zero-order valence-electron chi connectivity index (χ0n) is 10.3.